The SMILES string of the molecule is COc1ccc(CSCC(=O)N[C@H](C)c2ccc3c(c2)CCCC3)cc1. The van der Waals surface area contributed by atoms with Crippen molar-refractivity contribution < 1.29 is 9.53 Å². The summed E-state index contributed by atoms with van der Waals surface area (Å²) >= 11 is 1.64. The quantitative estimate of drug-likeness (QED) is 0.770. The van der Waals surface area contributed by atoms with Crippen molar-refractivity contribution in [1.29, 1.82) is 0 Å². The van der Waals surface area contributed by atoms with Crippen LogP contribution in [-0.4, -0.2) is 18.8 Å². The molecule has 0 saturated heterocycles. The van der Waals surface area contributed by atoms with Gasteiger partial charge in [0.25, 0.3) is 0 Å². The summed E-state index contributed by atoms with van der Waals surface area (Å²) in [4.78, 5) is 12.3. The van der Waals surface area contributed by atoms with E-state index in [1.165, 1.54) is 47.9 Å². The molecule has 3 nitrogen and oxygen atoms in total. The first-order chi connectivity index (χ1) is 12.7. The van der Waals surface area contributed by atoms with E-state index in [0.717, 1.165) is 11.5 Å². The van der Waals surface area contributed by atoms with Crippen molar-refractivity contribution in [3.63, 3.8) is 0 Å². The van der Waals surface area contributed by atoms with Gasteiger partial charge in [-0.1, -0.05) is 30.3 Å². The summed E-state index contributed by atoms with van der Waals surface area (Å²) in [5, 5.41) is 3.13. The molecule has 0 bridgehead atoms. The fourth-order valence-corrected chi connectivity index (χ4v) is 4.17. The molecule has 0 aromatic heterocycles. The van der Waals surface area contributed by atoms with Gasteiger partial charge in [-0.3, -0.25) is 4.79 Å². The Kier molecular flexibility index (Phi) is 6.62. The largest absolute Gasteiger partial charge is 0.497 e. The zero-order valence-electron chi connectivity index (χ0n) is 15.6. The van der Waals surface area contributed by atoms with Crippen LogP contribution in [0.4, 0.5) is 0 Å². The third-order valence-electron chi connectivity index (χ3n) is 4.91. The summed E-state index contributed by atoms with van der Waals surface area (Å²) in [5.41, 5.74) is 5.35. The molecule has 0 heterocycles. The molecule has 0 aliphatic heterocycles. The number of nitrogens with one attached hydrogen (secondary N) is 1. The fourth-order valence-electron chi connectivity index (χ4n) is 3.37. The Labute approximate surface area is 160 Å². The van der Waals surface area contributed by atoms with Crippen LogP contribution in [0.3, 0.4) is 0 Å². The summed E-state index contributed by atoms with van der Waals surface area (Å²) in [6.45, 7) is 2.07. The smallest absolute Gasteiger partial charge is 0.230 e. The Morgan fingerprint density at radius 2 is 1.85 bits per heavy atom. The van der Waals surface area contributed by atoms with Gasteiger partial charge in [-0.25, -0.2) is 0 Å². The Hall–Kier alpha value is -1.94. The third kappa shape index (κ3) is 5.04. The fraction of sp³-hybridized carbons (Fsp3) is 0.409. The van der Waals surface area contributed by atoms with Crippen LogP contribution in [-0.2, 0) is 23.4 Å². The van der Waals surface area contributed by atoms with Gasteiger partial charge in [0.2, 0.25) is 5.91 Å². The van der Waals surface area contributed by atoms with E-state index in [1.54, 1.807) is 18.9 Å². The highest BCUT2D eigenvalue weighted by Gasteiger charge is 2.14. The van der Waals surface area contributed by atoms with Gasteiger partial charge in [-0.15, -0.1) is 11.8 Å². The molecule has 2 aromatic carbocycles. The number of methoxy groups -OCH3 is 1. The van der Waals surface area contributed by atoms with E-state index in [1.807, 2.05) is 24.3 Å². The van der Waals surface area contributed by atoms with Gasteiger partial charge in [0.05, 0.1) is 18.9 Å². The molecular weight excluding hydrogens is 342 g/mol. The zero-order valence-corrected chi connectivity index (χ0v) is 16.4. The van der Waals surface area contributed by atoms with Crippen LogP contribution in [0.2, 0.25) is 0 Å². The molecule has 1 N–H and O–H groups in total. The second-order valence-electron chi connectivity index (χ2n) is 6.87. The highest BCUT2D eigenvalue weighted by Crippen LogP contribution is 2.25. The highest BCUT2D eigenvalue weighted by molar-refractivity contribution is 7.99. The van der Waals surface area contributed by atoms with Crippen molar-refractivity contribution in [1.82, 2.24) is 5.32 Å². The van der Waals surface area contributed by atoms with Crippen LogP contribution in [0.25, 0.3) is 0 Å². The number of hydrogen-bond acceptors (Lipinski definition) is 3. The number of carbonyl (C=O) groups excluding carboxylic acids is 1. The van der Waals surface area contributed by atoms with Gasteiger partial charge in [0.1, 0.15) is 5.75 Å². The van der Waals surface area contributed by atoms with Crippen LogP contribution >= 0.6 is 11.8 Å². The van der Waals surface area contributed by atoms with Crippen LogP contribution in [0.1, 0.15) is 48.1 Å². The minimum absolute atomic E-state index is 0.0521. The second-order valence-corrected chi connectivity index (χ2v) is 7.85. The molecule has 2 aromatic rings. The molecule has 0 fully saturated rings. The predicted octanol–water partition coefficient (Wildman–Crippen LogP) is 4.68. The van der Waals surface area contributed by atoms with E-state index < -0.39 is 0 Å². The summed E-state index contributed by atoms with van der Waals surface area (Å²) < 4.78 is 5.16. The third-order valence-corrected chi connectivity index (χ3v) is 5.91. The van der Waals surface area contributed by atoms with Gasteiger partial charge in [0, 0.05) is 5.75 Å². The lowest BCUT2D eigenvalue weighted by Gasteiger charge is -2.20. The molecule has 1 aliphatic rings. The number of hydrogen-bond donors (Lipinski definition) is 1. The number of aryl methyl sites for hydroxylation is 2. The first kappa shape index (κ1) is 18.8. The van der Waals surface area contributed by atoms with Gasteiger partial charge in [-0.05, 0) is 67.0 Å². The Balaban J connectivity index is 1.46. The predicted molar refractivity (Wildman–Crippen MR) is 109 cm³/mol. The topological polar surface area (TPSA) is 38.3 Å². The first-order valence-corrected chi connectivity index (χ1v) is 10.4. The van der Waals surface area contributed by atoms with Gasteiger partial charge >= 0.3 is 0 Å². The lowest BCUT2D eigenvalue weighted by atomic mass is 9.89. The van der Waals surface area contributed by atoms with Gasteiger partial charge < -0.3 is 10.1 Å². The van der Waals surface area contributed by atoms with Crippen LogP contribution < -0.4 is 10.1 Å². The van der Waals surface area contributed by atoms with E-state index in [-0.39, 0.29) is 11.9 Å². The normalized spacial score (nSPS) is 14.4. The molecule has 1 atom stereocenters. The number of amides is 1. The van der Waals surface area contributed by atoms with Crippen molar-refractivity contribution in [2.24, 2.45) is 0 Å². The number of carbonyl (C=O) groups is 1. The molecular formula is C22H27NO2S. The number of ether oxygens (including phenoxy) is 1. The average molecular weight is 370 g/mol. The molecule has 3 rings (SSSR count). The monoisotopic (exact) mass is 369 g/mol. The first-order valence-electron chi connectivity index (χ1n) is 9.27. The Morgan fingerprint density at radius 3 is 2.58 bits per heavy atom. The molecule has 0 unspecified atom stereocenters. The minimum atomic E-state index is 0.0521. The molecule has 4 heteroatoms. The Morgan fingerprint density at radius 1 is 1.12 bits per heavy atom. The molecule has 26 heavy (non-hydrogen) atoms. The van der Waals surface area contributed by atoms with E-state index in [9.17, 15) is 4.79 Å². The number of rotatable bonds is 7. The van der Waals surface area contributed by atoms with E-state index in [0.29, 0.717) is 5.75 Å². The van der Waals surface area contributed by atoms with Crippen LogP contribution in [0.15, 0.2) is 42.5 Å². The molecule has 1 amide bonds. The van der Waals surface area contributed by atoms with Crippen molar-refractivity contribution in [2.75, 3.05) is 12.9 Å². The number of fused-ring (bicyclic) bond motifs is 1. The highest BCUT2D eigenvalue weighted by atomic mass is 32.2. The molecule has 138 valence electrons. The zero-order chi connectivity index (χ0) is 18.4. The standard InChI is InChI=1S/C22H27NO2S/c1-16(19-10-9-18-5-3-4-6-20(18)13-19)23-22(24)15-26-14-17-7-11-21(25-2)12-8-17/h7-13,16H,3-6,14-15H2,1-2H3,(H,23,24)/t16-/m1/s1. The van der Waals surface area contributed by atoms with Gasteiger partial charge in [0.15, 0.2) is 0 Å². The molecule has 0 radical (unpaired) electrons. The van der Waals surface area contributed by atoms with E-state index >= 15 is 0 Å². The van der Waals surface area contributed by atoms with Crippen molar-refractivity contribution in [3.8, 4) is 5.75 Å². The molecule has 1 aliphatic carbocycles. The van der Waals surface area contributed by atoms with Crippen molar-refractivity contribution >= 4 is 17.7 Å². The number of benzene rings is 2. The lowest BCUT2D eigenvalue weighted by molar-refractivity contribution is -0.119. The Bertz CT molecular complexity index is 742. The van der Waals surface area contributed by atoms with E-state index in [4.69, 9.17) is 4.74 Å². The summed E-state index contributed by atoms with van der Waals surface area (Å²) in [5.74, 6) is 2.25. The van der Waals surface area contributed by atoms with Crippen LogP contribution in [0.5, 0.6) is 5.75 Å². The lowest BCUT2D eigenvalue weighted by Crippen LogP contribution is -2.28. The summed E-state index contributed by atoms with van der Waals surface area (Å²) in [6, 6.07) is 14.7. The second kappa shape index (κ2) is 9.13. The maximum absolute atomic E-state index is 12.3. The summed E-state index contributed by atoms with van der Waals surface area (Å²) in [6.07, 6.45) is 4.93. The molecule has 0 spiro atoms. The van der Waals surface area contributed by atoms with E-state index in [2.05, 4.69) is 30.4 Å². The van der Waals surface area contributed by atoms with Crippen molar-refractivity contribution in [2.45, 2.75) is 44.4 Å². The number of thioether (sulfide) groups is 1. The molecule has 0 saturated carbocycles. The van der Waals surface area contributed by atoms with Crippen LogP contribution in [0, 0.1) is 0 Å². The minimum Gasteiger partial charge on any atom is -0.497 e. The maximum atomic E-state index is 12.3. The summed E-state index contributed by atoms with van der Waals surface area (Å²) in [7, 11) is 1.66. The average Bonchev–Trinajstić information content (AvgIpc) is 2.68. The van der Waals surface area contributed by atoms with Crippen molar-refractivity contribution in [3.05, 3.63) is 64.7 Å². The maximum Gasteiger partial charge on any atom is 0.230 e. The van der Waals surface area contributed by atoms with Gasteiger partial charge in [-0.2, -0.15) is 0 Å².